The van der Waals surface area contributed by atoms with Crippen molar-refractivity contribution in [3.8, 4) is 16.9 Å². The summed E-state index contributed by atoms with van der Waals surface area (Å²) in [5.41, 5.74) is 3.32. The van der Waals surface area contributed by atoms with Gasteiger partial charge < -0.3 is 20.5 Å². The maximum atomic E-state index is 12.6. The minimum Gasteiger partial charge on any atom is -0.491 e. The van der Waals surface area contributed by atoms with E-state index in [1.807, 2.05) is 12.1 Å². The number of nitrogens with one attached hydrogen (secondary N) is 3. The summed E-state index contributed by atoms with van der Waals surface area (Å²) >= 11 is 1.28. The number of benzene rings is 2. The molecule has 34 heavy (non-hydrogen) atoms. The Kier molecular flexibility index (Phi) is 8.62. The third-order valence-corrected chi connectivity index (χ3v) is 5.43. The van der Waals surface area contributed by atoms with Gasteiger partial charge in [-0.3, -0.25) is 19.6 Å². The maximum absolute atomic E-state index is 12.6. The Morgan fingerprint density at radius 1 is 1.00 bits per heavy atom. The van der Waals surface area contributed by atoms with E-state index in [1.165, 1.54) is 16.8 Å². The molecule has 11 nitrogen and oxygen atoms in total. The zero-order chi connectivity index (χ0) is 24.5. The Hall–Kier alpha value is -3.87. The van der Waals surface area contributed by atoms with Crippen LogP contribution in [-0.2, 0) is 16.1 Å². The van der Waals surface area contributed by atoms with Crippen LogP contribution in [0.4, 0.5) is 0 Å². The smallest absolute Gasteiger partial charge is 0.275 e. The van der Waals surface area contributed by atoms with Crippen LogP contribution in [0, 0.1) is 6.92 Å². The molecule has 3 amide bonds. The number of nitrogens with zero attached hydrogens (tertiary/aromatic N) is 2. The number of aliphatic hydroxyl groups is 1. The third-order valence-electron chi connectivity index (χ3n) is 4.59. The molecule has 12 heteroatoms. The Bertz CT molecular complexity index is 1130. The van der Waals surface area contributed by atoms with Crippen molar-refractivity contribution in [1.29, 1.82) is 0 Å². The molecule has 0 aliphatic rings. The number of rotatable bonds is 10. The van der Waals surface area contributed by atoms with Gasteiger partial charge in [-0.15, -0.1) is 10.2 Å². The molecule has 0 radical (unpaired) electrons. The summed E-state index contributed by atoms with van der Waals surface area (Å²) in [6, 6.07) is 12.1. The van der Waals surface area contributed by atoms with E-state index in [-0.39, 0.29) is 25.3 Å². The first-order valence-electron chi connectivity index (χ1n) is 10.2. The molecule has 0 bridgehead atoms. The number of aromatic nitrogens is 2. The third kappa shape index (κ3) is 6.57. The van der Waals surface area contributed by atoms with Gasteiger partial charge in [0.2, 0.25) is 0 Å². The first kappa shape index (κ1) is 24.8. The lowest BCUT2D eigenvalue weighted by Crippen LogP contribution is -2.54. The first-order valence-corrected chi connectivity index (χ1v) is 11.0. The number of hydrogen-bond donors (Lipinski definition) is 5. The van der Waals surface area contributed by atoms with Crippen LogP contribution < -0.4 is 20.9 Å². The van der Waals surface area contributed by atoms with Crippen LogP contribution in [0.1, 0.15) is 20.4 Å². The largest absolute Gasteiger partial charge is 0.491 e. The van der Waals surface area contributed by atoms with Crippen molar-refractivity contribution in [2.75, 3.05) is 13.2 Å². The van der Waals surface area contributed by atoms with E-state index in [4.69, 9.17) is 15.1 Å². The lowest BCUT2D eigenvalue weighted by Gasteiger charge is -2.16. The zero-order valence-corrected chi connectivity index (χ0v) is 19.0. The van der Waals surface area contributed by atoms with Crippen molar-refractivity contribution < 1.29 is 29.4 Å². The zero-order valence-electron chi connectivity index (χ0n) is 18.1. The lowest BCUT2D eigenvalue weighted by atomic mass is 10.0. The van der Waals surface area contributed by atoms with Crippen LogP contribution in [0.5, 0.6) is 5.75 Å². The molecule has 0 aliphatic heterocycles. The Balaban J connectivity index is 1.64. The fraction of sp³-hybridized carbons (Fsp3) is 0.227. The van der Waals surface area contributed by atoms with Gasteiger partial charge in [0.25, 0.3) is 17.7 Å². The van der Waals surface area contributed by atoms with Gasteiger partial charge in [0.15, 0.2) is 6.04 Å². The van der Waals surface area contributed by atoms with Crippen LogP contribution in [0.15, 0.2) is 48.5 Å². The molecule has 1 aromatic heterocycles. The standard InChI is InChI=1S/C22H23N5O6S/c1-13-25-26-18(34-13)12-23-21(30)19(22(31)27-32)24-20(29)16-4-2-14(3-5-16)15-6-8-17(9-7-15)33-11-10-28/h2-9,19,28,32H,10-12H2,1H3,(H,23,30)(H,24,29)(H,27,31). The van der Waals surface area contributed by atoms with E-state index in [0.29, 0.717) is 10.8 Å². The van der Waals surface area contributed by atoms with Crippen LogP contribution >= 0.6 is 11.3 Å². The fourth-order valence-electron chi connectivity index (χ4n) is 2.92. The van der Waals surface area contributed by atoms with Crippen LogP contribution in [-0.4, -0.2) is 57.5 Å². The number of ether oxygens (including phenoxy) is 1. The second kappa shape index (κ2) is 11.8. The molecule has 3 rings (SSSR count). The monoisotopic (exact) mass is 485 g/mol. The second-order valence-electron chi connectivity index (χ2n) is 6.99. The Morgan fingerprint density at radius 2 is 1.65 bits per heavy atom. The van der Waals surface area contributed by atoms with Crippen LogP contribution in [0.25, 0.3) is 11.1 Å². The van der Waals surface area contributed by atoms with Crippen molar-refractivity contribution >= 4 is 29.1 Å². The second-order valence-corrected chi connectivity index (χ2v) is 8.26. The van der Waals surface area contributed by atoms with E-state index in [2.05, 4.69) is 20.8 Å². The summed E-state index contributed by atoms with van der Waals surface area (Å²) in [6.45, 7) is 1.92. The minimum atomic E-state index is -1.65. The first-order chi connectivity index (χ1) is 16.4. The molecular formula is C22H23N5O6S. The minimum absolute atomic E-state index is 0.0218. The highest BCUT2D eigenvalue weighted by atomic mass is 32.1. The Morgan fingerprint density at radius 3 is 2.21 bits per heavy atom. The highest BCUT2D eigenvalue weighted by Crippen LogP contribution is 2.23. The molecule has 2 aromatic carbocycles. The van der Waals surface area contributed by atoms with Gasteiger partial charge in [0.05, 0.1) is 13.2 Å². The van der Waals surface area contributed by atoms with Gasteiger partial charge in [-0.25, -0.2) is 5.48 Å². The van der Waals surface area contributed by atoms with Gasteiger partial charge in [-0.1, -0.05) is 35.6 Å². The fourth-order valence-corrected chi connectivity index (χ4v) is 3.57. The van der Waals surface area contributed by atoms with Gasteiger partial charge in [0, 0.05) is 5.56 Å². The number of carbonyl (C=O) groups excluding carboxylic acids is 3. The molecule has 5 N–H and O–H groups in total. The Labute approximate surface area is 198 Å². The number of hydroxylamine groups is 1. The predicted octanol–water partition coefficient (Wildman–Crippen LogP) is 0.805. The summed E-state index contributed by atoms with van der Waals surface area (Å²) in [5.74, 6) is -1.94. The molecule has 0 aliphatic carbocycles. The van der Waals surface area contributed by atoms with Crippen molar-refractivity contribution in [2.45, 2.75) is 19.5 Å². The number of hydrogen-bond acceptors (Lipinski definition) is 9. The normalized spacial score (nSPS) is 11.4. The van der Waals surface area contributed by atoms with Crippen molar-refractivity contribution in [3.63, 3.8) is 0 Å². The summed E-state index contributed by atoms with van der Waals surface area (Å²) in [4.78, 5) is 37.1. The molecule has 178 valence electrons. The van der Waals surface area contributed by atoms with Crippen molar-refractivity contribution in [2.24, 2.45) is 0 Å². The highest BCUT2D eigenvalue weighted by molar-refractivity contribution is 7.11. The molecule has 0 fully saturated rings. The molecule has 0 saturated heterocycles. The summed E-state index contributed by atoms with van der Waals surface area (Å²) < 4.78 is 5.33. The number of aliphatic hydroxyl groups excluding tert-OH is 1. The molecule has 0 spiro atoms. The number of amides is 3. The molecule has 1 atom stereocenters. The average Bonchev–Trinajstić information content (AvgIpc) is 3.29. The van der Waals surface area contributed by atoms with Gasteiger partial charge in [-0.05, 0) is 42.3 Å². The quantitative estimate of drug-likeness (QED) is 0.160. The average molecular weight is 486 g/mol. The number of aryl methyl sites for hydroxylation is 1. The predicted molar refractivity (Wildman–Crippen MR) is 122 cm³/mol. The molecule has 1 heterocycles. The van der Waals surface area contributed by atoms with E-state index >= 15 is 0 Å². The van der Waals surface area contributed by atoms with Gasteiger partial charge >= 0.3 is 0 Å². The molecular weight excluding hydrogens is 462 g/mol. The van der Waals surface area contributed by atoms with Crippen molar-refractivity contribution in [3.05, 3.63) is 64.1 Å². The van der Waals surface area contributed by atoms with Crippen LogP contribution in [0.3, 0.4) is 0 Å². The van der Waals surface area contributed by atoms with E-state index in [9.17, 15) is 14.4 Å². The summed E-state index contributed by atoms with van der Waals surface area (Å²) in [5, 5.41) is 31.6. The molecule has 3 aromatic rings. The molecule has 0 saturated carbocycles. The van der Waals surface area contributed by atoms with Gasteiger partial charge in [0.1, 0.15) is 22.4 Å². The topological polar surface area (TPSA) is 163 Å². The van der Waals surface area contributed by atoms with E-state index in [1.54, 1.807) is 43.3 Å². The maximum Gasteiger partial charge on any atom is 0.275 e. The number of carbonyl (C=O) groups is 3. The van der Waals surface area contributed by atoms with E-state index < -0.39 is 23.8 Å². The van der Waals surface area contributed by atoms with Crippen LogP contribution in [0.2, 0.25) is 0 Å². The molecule has 1 unspecified atom stereocenters. The highest BCUT2D eigenvalue weighted by Gasteiger charge is 2.28. The van der Waals surface area contributed by atoms with Crippen molar-refractivity contribution in [1.82, 2.24) is 26.3 Å². The van der Waals surface area contributed by atoms with Gasteiger partial charge in [-0.2, -0.15) is 0 Å². The lowest BCUT2D eigenvalue weighted by molar-refractivity contribution is -0.137. The SMILES string of the molecule is Cc1nnc(CNC(=O)C(NC(=O)c2ccc(-c3ccc(OCCO)cc3)cc2)C(=O)NO)s1. The van der Waals surface area contributed by atoms with E-state index in [0.717, 1.165) is 16.1 Å². The summed E-state index contributed by atoms with van der Waals surface area (Å²) in [7, 11) is 0. The summed E-state index contributed by atoms with van der Waals surface area (Å²) in [6.07, 6.45) is 0.